The van der Waals surface area contributed by atoms with Crippen molar-refractivity contribution in [2.75, 3.05) is 13.7 Å². The Kier molecular flexibility index (Phi) is 5.58. The summed E-state index contributed by atoms with van der Waals surface area (Å²) in [6, 6.07) is 11.9. The van der Waals surface area contributed by atoms with E-state index in [-0.39, 0.29) is 6.04 Å². The quantitative estimate of drug-likeness (QED) is 0.850. The fourth-order valence-electron chi connectivity index (χ4n) is 2.20. The van der Waals surface area contributed by atoms with E-state index in [0.717, 1.165) is 35.6 Å². The molecule has 0 saturated carbocycles. The van der Waals surface area contributed by atoms with Crippen molar-refractivity contribution in [1.82, 2.24) is 4.98 Å². The zero-order valence-electron chi connectivity index (χ0n) is 12.6. The van der Waals surface area contributed by atoms with Crippen LogP contribution in [0.4, 0.5) is 0 Å². The van der Waals surface area contributed by atoms with Crippen molar-refractivity contribution in [3.05, 3.63) is 53.9 Å². The first-order chi connectivity index (χ1) is 10.2. The molecule has 0 aliphatic heterocycles. The summed E-state index contributed by atoms with van der Waals surface area (Å²) in [6.07, 6.45) is 3.31. The van der Waals surface area contributed by atoms with Crippen LogP contribution in [0.1, 0.15) is 18.2 Å². The number of nitrogens with zero attached hydrogens (tertiary/aromatic N) is 1. The van der Waals surface area contributed by atoms with E-state index in [1.807, 2.05) is 43.3 Å². The zero-order chi connectivity index (χ0) is 15.1. The monoisotopic (exact) mass is 286 g/mol. The predicted molar refractivity (Wildman–Crippen MR) is 83.8 cm³/mol. The van der Waals surface area contributed by atoms with E-state index < -0.39 is 0 Å². The van der Waals surface area contributed by atoms with Gasteiger partial charge in [0.25, 0.3) is 0 Å². The van der Waals surface area contributed by atoms with Gasteiger partial charge < -0.3 is 15.2 Å². The Bertz CT molecular complexity index is 556. The third-order valence-corrected chi connectivity index (χ3v) is 3.15. The lowest BCUT2D eigenvalue weighted by Gasteiger charge is -2.16. The van der Waals surface area contributed by atoms with Crippen LogP contribution in [0.15, 0.2) is 42.6 Å². The number of nitrogens with two attached hydrogens (primary N) is 1. The molecule has 0 spiro atoms. The van der Waals surface area contributed by atoms with Crippen LogP contribution in [-0.4, -0.2) is 24.7 Å². The molecule has 4 heteroatoms. The number of hydrogen-bond donors (Lipinski definition) is 1. The third-order valence-electron chi connectivity index (χ3n) is 3.15. The van der Waals surface area contributed by atoms with Crippen molar-refractivity contribution in [2.45, 2.75) is 25.8 Å². The van der Waals surface area contributed by atoms with Gasteiger partial charge in [-0.15, -0.1) is 0 Å². The summed E-state index contributed by atoms with van der Waals surface area (Å²) in [5.74, 6) is 1.53. The van der Waals surface area contributed by atoms with Gasteiger partial charge in [0.15, 0.2) is 11.5 Å². The predicted octanol–water partition coefficient (Wildman–Crippen LogP) is 2.60. The molecule has 21 heavy (non-hydrogen) atoms. The van der Waals surface area contributed by atoms with Crippen molar-refractivity contribution in [2.24, 2.45) is 5.73 Å². The lowest BCUT2D eigenvalue weighted by Crippen LogP contribution is -2.18. The van der Waals surface area contributed by atoms with Crippen molar-refractivity contribution < 1.29 is 9.47 Å². The standard InChI is InChI=1S/C17H22N2O2/c1-13(18)12-14-6-5-8-16(20-2)17(14)21-11-9-15-7-3-4-10-19-15/h3-8,10,13H,9,11-12,18H2,1-2H3. The van der Waals surface area contributed by atoms with Gasteiger partial charge in [0.1, 0.15) is 0 Å². The smallest absolute Gasteiger partial charge is 0.164 e. The van der Waals surface area contributed by atoms with E-state index in [2.05, 4.69) is 4.98 Å². The van der Waals surface area contributed by atoms with E-state index in [1.54, 1.807) is 13.3 Å². The van der Waals surface area contributed by atoms with Crippen LogP contribution in [0.2, 0.25) is 0 Å². The van der Waals surface area contributed by atoms with E-state index in [0.29, 0.717) is 6.61 Å². The lowest BCUT2D eigenvalue weighted by molar-refractivity contribution is 0.293. The van der Waals surface area contributed by atoms with Gasteiger partial charge in [0.05, 0.1) is 13.7 Å². The summed E-state index contributed by atoms with van der Waals surface area (Å²) >= 11 is 0. The highest BCUT2D eigenvalue weighted by Crippen LogP contribution is 2.31. The number of benzene rings is 1. The molecule has 112 valence electrons. The van der Waals surface area contributed by atoms with Crippen molar-refractivity contribution in [3.63, 3.8) is 0 Å². The zero-order valence-corrected chi connectivity index (χ0v) is 12.6. The first-order valence-electron chi connectivity index (χ1n) is 7.15. The molecule has 0 radical (unpaired) electrons. The van der Waals surface area contributed by atoms with Gasteiger partial charge in [-0.05, 0) is 37.1 Å². The van der Waals surface area contributed by atoms with E-state index in [9.17, 15) is 0 Å². The molecule has 2 rings (SSSR count). The summed E-state index contributed by atoms with van der Waals surface area (Å²) in [5.41, 5.74) is 7.99. The van der Waals surface area contributed by atoms with Gasteiger partial charge in [-0.2, -0.15) is 0 Å². The van der Waals surface area contributed by atoms with Gasteiger partial charge >= 0.3 is 0 Å². The molecule has 4 nitrogen and oxygen atoms in total. The SMILES string of the molecule is COc1cccc(CC(C)N)c1OCCc1ccccn1. The van der Waals surface area contributed by atoms with E-state index in [1.165, 1.54) is 0 Å². The Morgan fingerprint density at radius 2 is 2.05 bits per heavy atom. The molecule has 0 bridgehead atoms. The normalized spacial score (nSPS) is 12.0. The minimum atomic E-state index is 0.0789. The summed E-state index contributed by atoms with van der Waals surface area (Å²) in [6.45, 7) is 2.54. The molecule has 1 atom stereocenters. The van der Waals surface area contributed by atoms with Crippen LogP contribution in [-0.2, 0) is 12.8 Å². The van der Waals surface area contributed by atoms with Crippen LogP contribution < -0.4 is 15.2 Å². The molecular weight excluding hydrogens is 264 g/mol. The molecule has 1 heterocycles. The topological polar surface area (TPSA) is 57.4 Å². The minimum absolute atomic E-state index is 0.0789. The van der Waals surface area contributed by atoms with E-state index in [4.69, 9.17) is 15.2 Å². The van der Waals surface area contributed by atoms with Gasteiger partial charge in [-0.3, -0.25) is 4.98 Å². The Hall–Kier alpha value is -2.07. The number of pyridine rings is 1. The van der Waals surface area contributed by atoms with Gasteiger partial charge in [-0.1, -0.05) is 18.2 Å². The van der Waals surface area contributed by atoms with Crippen LogP contribution >= 0.6 is 0 Å². The average molecular weight is 286 g/mol. The Morgan fingerprint density at radius 3 is 2.71 bits per heavy atom. The highest BCUT2D eigenvalue weighted by Gasteiger charge is 2.12. The molecule has 0 amide bonds. The number of methoxy groups -OCH3 is 1. The molecule has 0 aliphatic rings. The van der Waals surface area contributed by atoms with Crippen LogP contribution in [0.25, 0.3) is 0 Å². The highest BCUT2D eigenvalue weighted by atomic mass is 16.5. The second-order valence-corrected chi connectivity index (χ2v) is 5.05. The Morgan fingerprint density at radius 1 is 1.19 bits per heavy atom. The first-order valence-corrected chi connectivity index (χ1v) is 7.15. The fraction of sp³-hybridized carbons (Fsp3) is 0.353. The van der Waals surface area contributed by atoms with Gasteiger partial charge in [0.2, 0.25) is 0 Å². The van der Waals surface area contributed by atoms with Crippen LogP contribution in [0, 0.1) is 0 Å². The number of rotatable bonds is 7. The van der Waals surface area contributed by atoms with Gasteiger partial charge in [-0.25, -0.2) is 0 Å². The number of hydrogen-bond acceptors (Lipinski definition) is 4. The molecule has 0 saturated heterocycles. The van der Waals surface area contributed by atoms with Crippen LogP contribution in [0.3, 0.4) is 0 Å². The average Bonchev–Trinajstić information content (AvgIpc) is 2.49. The Labute approximate surface area is 125 Å². The molecular formula is C17H22N2O2. The number of ether oxygens (including phenoxy) is 2. The molecule has 0 fully saturated rings. The number of aromatic nitrogens is 1. The molecule has 0 aliphatic carbocycles. The summed E-state index contributed by atoms with van der Waals surface area (Å²) in [4.78, 5) is 4.29. The minimum Gasteiger partial charge on any atom is -0.493 e. The summed E-state index contributed by atoms with van der Waals surface area (Å²) < 4.78 is 11.3. The second kappa shape index (κ2) is 7.64. The number of para-hydroxylation sites is 1. The Balaban J connectivity index is 2.06. The third kappa shape index (κ3) is 4.46. The second-order valence-electron chi connectivity index (χ2n) is 5.05. The van der Waals surface area contributed by atoms with Crippen molar-refractivity contribution in [3.8, 4) is 11.5 Å². The lowest BCUT2D eigenvalue weighted by atomic mass is 10.1. The molecule has 1 aromatic heterocycles. The maximum absolute atomic E-state index is 5.94. The van der Waals surface area contributed by atoms with Gasteiger partial charge in [0, 0.05) is 24.4 Å². The highest BCUT2D eigenvalue weighted by molar-refractivity contribution is 5.47. The first kappa shape index (κ1) is 15.3. The summed E-state index contributed by atoms with van der Waals surface area (Å²) in [7, 11) is 1.65. The maximum atomic E-state index is 5.94. The van der Waals surface area contributed by atoms with Crippen molar-refractivity contribution >= 4 is 0 Å². The molecule has 1 unspecified atom stereocenters. The summed E-state index contributed by atoms with van der Waals surface area (Å²) in [5, 5.41) is 0. The maximum Gasteiger partial charge on any atom is 0.164 e. The van der Waals surface area contributed by atoms with Crippen LogP contribution in [0.5, 0.6) is 11.5 Å². The molecule has 2 aromatic rings. The van der Waals surface area contributed by atoms with Crippen molar-refractivity contribution in [1.29, 1.82) is 0 Å². The fourth-order valence-corrected chi connectivity index (χ4v) is 2.20. The molecule has 2 N–H and O–H groups in total. The van der Waals surface area contributed by atoms with E-state index >= 15 is 0 Å². The largest absolute Gasteiger partial charge is 0.493 e. The molecule has 1 aromatic carbocycles.